The van der Waals surface area contributed by atoms with Crippen LogP contribution < -0.4 is 0 Å². The van der Waals surface area contributed by atoms with Gasteiger partial charge >= 0.3 is 17.5 Å². The third-order valence-electron chi connectivity index (χ3n) is 0.477. The molecule has 1 unspecified atom stereocenters. The summed E-state index contributed by atoms with van der Waals surface area (Å²) in [4.78, 5) is 0. The second-order valence-electron chi connectivity index (χ2n) is 1.52. The predicted octanol–water partition coefficient (Wildman–Crippen LogP) is 1.60. The van der Waals surface area contributed by atoms with Crippen LogP contribution in [-0.2, 0) is 19.7 Å². The van der Waals surface area contributed by atoms with Crippen molar-refractivity contribution in [2.24, 2.45) is 0 Å². The van der Waals surface area contributed by atoms with Gasteiger partial charge in [-0.2, -0.15) is 21.8 Å². The first-order valence-electron chi connectivity index (χ1n) is 2.46. The van der Waals surface area contributed by atoms with E-state index in [9.17, 15) is 21.8 Å². The molecule has 0 aliphatic rings. The zero-order chi connectivity index (χ0) is 9.78. The standard InChI is InChI=1S/C4H4F4O3S/c1-3(5)11-12(9)10-2-4(6,7)8/h1-2H2. The normalized spacial score (nSPS) is 14.0. The van der Waals surface area contributed by atoms with E-state index in [1.807, 2.05) is 0 Å². The molecule has 0 aliphatic heterocycles. The first kappa shape index (κ1) is 11.4. The van der Waals surface area contributed by atoms with E-state index in [4.69, 9.17) is 0 Å². The predicted molar refractivity (Wildman–Crippen MR) is 31.5 cm³/mol. The summed E-state index contributed by atoms with van der Waals surface area (Å²) in [5, 5.41) is 0. The molecule has 1 atom stereocenters. The average molecular weight is 208 g/mol. The van der Waals surface area contributed by atoms with Gasteiger partial charge in [0.15, 0.2) is 6.61 Å². The zero-order valence-corrected chi connectivity index (χ0v) is 6.38. The largest absolute Gasteiger partial charge is 0.413 e. The molecule has 0 aromatic heterocycles. The molecular formula is C4H4F4O3S. The van der Waals surface area contributed by atoms with Crippen molar-refractivity contribution >= 4 is 11.4 Å². The van der Waals surface area contributed by atoms with E-state index < -0.39 is 30.2 Å². The summed E-state index contributed by atoms with van der Waals surface area (Å²) >= 11 is -2.79. The van der Waals surface area contributed by atoms with Crippen LogP contribution in [0.4, 0.5) is 17.6 Å². The molecule has 0 aliphatic carbocycles. The van der Waals surface area contributed by atoms with Gasteiger partial charge in [0.05, 0.1) is 0 Å². The number of hydrogen-bond acceptors (Lipinski definition) is 3. The van der Waals surface area contributed by atoms with Crippen molar-refractivity contribution < 1.29 is 30.1 Å². The summed E-state index contributed by atoms with van der Waals surface area (Å²) < 4.78 is 62.8. The van der Waals surface area contributed by atoms with Gasteiger partial charge in [-0.25, -0.2) is 4.18 Å². The smallest absolute Gasteiger partial charge is 0.351 e. The van der Waals surface area contributed by atoms with E-state index in [0.717, 1.165) is 0 Å². The molecule has 0 N–H and O–H groups in total. The van der Waals surface area contributed by atoms with Gasteiger partial charge in [0, 0.05) is 0 Å². The molecule has 0 fully saturated rings. The lowest BCUT2D eigenvalue weighted by molar-refractivity contribution is -0.153. The highest BCUT2D eigenvalue weighted by atomic mass is 32.2. The molecule has 0 rings (SSSR count). The van der Waals surface area contributed by atoms with E-state index >= 15 is 0 Å². The highest BCUT2D eigenvalue weighted by Crippen LogP contribution is 2.15. The number of hydrogen-bond donors (Lipinski definition) is 0. The lowest BCUT2D eigenvalue weighted by Crippen LogP contribution is -2.18. The molecule has 72 valence electrons. The fourth-order valence-corrected chi connectivity index (χ4v) is 0.638. The van der Waals surface area contributed by atoms with Gasteiger partial charge in [-0.1, -0.05) is 0 Å². The van der Waals surface area contributed by atoms with Crippen molar-refractivity contribution in [3.63, 3.8) is 0 Å². The van der Waals surface area contributed by atoms with Gasteiger partial charge in [-0.3, -0.25) is 0 Å². The maximum Gasteiger partial charge on any atom is 0.413 e. The maximum atomic E-state index is 11.6. The Morgan fingerprint density at radius 1 is 1.50 bits per heavy atom. The summed E-state index contributed by atoms with van der Waals surface area (Å²) in [6.07, 6.45) is -4.63. The van der Waals surface area contributed by atoms with E-state index in [1.165, 1.54) is 0 Å². The van der Waals surface area contributed by atoms with Crippen molar-refractivity contribution in [2.45, 2.75) is 6.18 Å². The second-order valence-corrected chi connectivity index (χ2v) is 2.33. The first-order chi connectivity index (χ1) is 5.31. The Morgan fingerprint density at radius 3 is 2.33 bits per heavy atom. The highest BCUT2D eigenvalue weighted by molar-refractivity contribution is 7.75. The van der Waals surface area contributed by atoms with Crippen molar-refractivity contribution in [2.75, 3.05) is 6.61 Å². The SMILES string of the molecule is C=C(F)OS(=O)OCC(F)(F)F. The van der Waals surface area contributed by atoms with Gasteiger partial charge in [-0.15, -0.1) is 0 Å². The number of halogens is 4. The van der Waals surface area contributed by atoms with Gasteiger partial charge in [0.1, 0.15) is 0 Å². The molecule has 0 saturated carbocycles. The van der Waals surface area contributed by atoms with Crippen molar-refractivity contribution in [1.82, 2.24) is 0 Å². The fraction of sp³-hybridized carbons (Fsp3) is 0.500. The van der Waals surface area contributed by atoms with Gasteiger partial charge in [-0.05, 0) is 6.58 Å². The molecule has 0 amide bonds. The Morgan fingerprint density at radius 2 is 2.00 bits per heavy atom. The molecule has 3 nitrogen and oxygen atoms in total. The minimum absolute atomic E-state index is 1.48. The van der Waals surface area contributed by atoms with Crippen LogP contribution in [0.1, 0.15) is 0 Å². The molecule has 8 heteroatoms. The van der Waals surface area contributed by atoms with Crippen LogP contribution in [-0.4, -0.2) is 17.0 Å². The minimum atomic E-state index is -4.63. The third-order valence-corrected chi connectivity index (χ3v) is 1.10. The average Bonchev–Trinajstić information content (AvgIpc) is 1.80. The van der Waals surface area contributed by atoms with Crippen LogP contribution in [0.2, 0.25) is 0 Å². The molecule has 0 bridgehead atoms. The Bertz CT molecular complexity index is 189. The summed E-state index contributed by atoms with van der Waals surface area (Å²) in [5.41, 5.74) is 0. The first-order valence-corrected chi connectivity index (χ1v) is 3.46. The van der Waals surface area contributed by atoms with E-state index in [1.54, 1.807) is 0 Å². The Balaban J connectivity index is 3.65. The van der Waals surface area contributed by atoms with Crippen LogP contribution in [0.25, 0.3) is 0 Å². The lowest BCUT2D eigenvalue weighted by atomic mass is 10.7. The summed E-state index contributed by atoms with van der Waals surface area (Å²) in [5.74, 6) is 0. The molecule has 0 radical (unpaired) electrons. The number of alkyl halides is 3. The Kier molecular flexibility index (Phi) is 4.18. The van der Waals surface area contributed by atoms with E-state index in [2.05, 4.69) is 14.9 Å². The summed E-state index contributed by atoms with van der Waals surface area (Å²) in [6, 6.07) is -1.48. The fourth-order valence-electron chi connectivity index (χ4n) is 0.213. The van der Waals surface area contributed by atoms with Gasteiger partial charge in [0.25, 0.3) is 6.01 Å². The van der Waals surface area contributed by atoms with Crippen LogP contribution in [0.5, 0.6) is 0 Å². The van der Waals surface area contributed by atoms with Crippen molar-refractivity contribution in [3.8, 4) is 0 Å². The monoisotopic (exact) mass is 208 g/mol. The van der Waals surface area contributed by atoms with Crippen molar-refractivity contribution in [3.05, 3.63) is 12.6 Å². The molecule has 0 saturated heterocycles. The highest BCUT2D eigenvalue weighted by Gasteiger charge is 2.29. The quantitative estimate of drug-likeness (QED) is 0.520. The lowest BCUT2D eigenvalue weighted by Gasteiger charge is -2.04. The van der Waals surface area contributed by atoms with Gasteiger partial charge < -0.3 is 4.18 Å². The summed E-state index contributed by atoms with van der Waals surface area (Å²) in [7, 11) is 0. The van der Waals surface area contributed by atoms with E-state index in [0.29, 0.717) is 0 Å². The zero-order valence-electron chi connectivity index (χ0n) is 5.56. The van der Waals surface area contributed by atoms with Gasteiger partial charge in [0.2, 0.25) is 0 Å². The van der Waals surface area contributed by atoms with E-state index in [-0.39, 0.29) is 0 Å². The van der Waals surface area contributed by atoms with Crippen LogP contribution in [0.3, 0.4) is 0 Å². The molecule has 0 heterocycles. The van der Waals surface area contributed by atoms with Crippen LogP contribution in [0, 0.1) is 0 Å². The molecule has 0 aromatic carbocycles. The third kappa shape index (κ3) is 7.48. The summed E-state index contributed by atoms with van der Waals surface area (Å²) in [6.45, 7) is 0.725. The molecule has 0 aromatic rings. The maximum absolute atomic E-state index is 11.6. The topological polar surface area (TPSA) is 35.5 Å². The second kappa shape index (κ2) is 4.41. The molecule has 12 heavy (non-hydrogen) atoms. The van der Waals surface area contributed by atoms with Crippen molar-refractivity contribution in [1.29, 1.82) is 0 Å². The Hall–Kier alpha value is -0.630. The minimum Gasteiger partial charge on any atom is -0.351 e. The van der Waals surface area contributed by atoms with Crippen LogP contribution in [0.15, 0.2) is 12.6 Å². The molecular weight excluding hydrogens is 204 g/mol. The number of rotatable bonds is 4. The Labute approximate surface area is 67.8 Å². The molecule has 0 spiro atoms. The van der Waals surface area contributed by atoms with Crippen LogP contribution >= 0.6 is 0 Å².